The van der Waals surface area contributed by atoms with Gasteiger partial charge in [-0.2, -0.15) is 0 Å². The molecule has 0 aliphatic heterocycles. The molecule has 0 unspecified atom stereocenters. The zero-order valence-corrected chi connectivity index (χ0v) is 13.9. The summed E-state index contributed by atoms with van der Waals surface area (Å²) < 4.78 is 5.32. The highest BCUT2D eigenvalue weighted by Crippen LogP contribution is 2.13. The molecule has 0 saturated heterocycles. The van der Waals surface area contributed by atoms with Gasteiger partial charge in [-0.15, -0.1) is 0 Å². The van der Waals surface area contributed by atoms with E-state index in [4.69, 9.17) is 22.7 Å². The van der Waals surface area contributed by atoms with Crippen molar-refractivity contribution < 1.29 is 14.3 Å². The lowest BCUT2D eigenvalue weighted by molar-refractivity contribution is 0.0974. The molecular weight excluding hydrogens is 326 g/mol. The molecule has 124 valence electrons. The van der Waals surface area contributed by atoms with E-state index < -0.39 is 5.91 Å². The molecule has 2 aromatic carbocycles. The first kappa shape index (κ1) is 17.4. The maximum atomic E-state index is 12.1. The third-order valence-electron chi connectivity index (χ3n) is 3.06. The fourth-order valence-corrected chi connectivity index (χ4v) is 2.17. The van der Waals surface area contributed by atoms with Gasteiger partial charge in [-0.05, 0) is 61.6 Å². The van der Waals surface area contributed by atoms with Crippen molar-refractivity contribution in [3.05, 3.63) is 59.7 Å². The zero-order chi connectivity index (χ0) is 17.5. The Morgan fingerprint density at radius 2 is 1.83 bits per heavy atom. The lowest BCUT2D eigenvalue weighted by atomic mass is 10.2. The molecule has 7 heteroatoms. The van der Waals surface area contributed by atoms with Gasteiger partial charge >= 0.3 is 0 Å². The lowest BCUT2D eigenvalue weighted by Gasteiger charge is -2.10. The largest absolute Gasteiger partial charge is 0.494 e. The highest BCUT2D eigenvalue weighted by atomic mass is 32.1. The number of hydrogen-bond acceptors (Lipinski definition) is 4. The molecule has 2 rings (SSSR count). The van der Waals surface area contributed by atoms with Crippen molar-refractivity contribution in [1.82, 2.24) is 5.32 Å². The Hall–Kier alpha value is -2.93. The Balaban J connectivity index is 1.97. The highest BCUT2D eigenvalue weighted by molar-refractivity contribution is 7.80. The van der Waals surface area contributed by atoms with Crippen LogP contribution in [-0.2, 0) is 0 Å². The maximum Gasteiger partial charge on any atom is 0.257 e. The molecule has 0 heterocycles. The van der Waals surface area contributed by atoms with Gasteiger partial charge in [-0.3, -0.25) is 14.9 Å². The summed E-state index contributed by atoms with van der Waals surface area (Å²) >= 11 is 5.10. The maximum absolute atomic E-state index is 12.1. The average molecular weight is 343 g/mol. The molecule has 2 amide bonds. The van der Waals surface area contributed by atoms with E-state index in [1.165, 1.54) is 0 Å². The molecule has 0 saturated carbocycles. The second-order valence-electron chi connectivity index (χ2n) is 4.81. The number of rotatable bonds is 5. The van der Waals surface area contributed by atoms with Crippen LogP contribution in [-0.4, -0.2) is 23.5 Å². The molecule has 0 fully saturated rings. The number of nitrogens with two attached hydrogens (primary N) is 1. The van der Waals surface area contributed by atoms with Gasteiger partial charge in [0.2, 0.25) is 5.91 Å². The van der Waals surface area contributed by atoms with Crippen LogP contribution in [0.15, 0.2) is 48.5 Å². The Labute approximate surface area is 145 Å². The van der Waals surface area contributed by atoms with Crippen molar-refractivity contribution >= 4 is 34.8 Å². The van der Waals surface area contributed by atoms with Crippen LogP contribution in [0.25, 0.3) is 0 Å². The van der Waals surface area contributed by atoms with Crippen molar-refractivity contribution in [3.63, 3.8) is 0 Å². The summed E-state index contributed by atoms with van der Waals surface area (Å²) in [6, 6.07) is 13.2. The Kier molecular flexibility index (Phi) is 5.86. The number of benzene rings is 2. The van der Waals surface area contributed by atoms with Crippen LogP contribution in [0.4, 0.5) is 5.69 Å². The second-order valence-corrected chi connectivity index (χ2v) is 5.22. The summed E-state index contributed by atoms with van der Waals surface area (Å²) in [4.78, 5) is 23.3. The normalized spacial score (nSPS) is 9.88. The van der Waals surface area contributed by atoms with Crippen molar-refractivity contribution in [3.8, 4) is 5.75 Å². The summed E-state index contributed by atoms with van der Waals surface area (Å²) in [6.07, 6.45) is 0. The van der Waals surface area contributed by atoms with Crippen LogP contribution in [0.2, 0.25) is 0 Å². The first-order valence-electron chi connectivity index (χ1n) is 7.24. The summed E-state index contributed by atoms with van der Waals surface area (Å²) in [5.41, 5.74) is 6.58. The summed E-state index contributed by atoms with van der Waals surface area (Å²) in [7, 11) is 0. The van der Waals surface area contributed by atoms with Gasteiger partial charge in [0, 0.05) is 16.8 Å². The van der Waals surface area contributed by atoms with Gasteiger partial charge in [0.1, 0.15) is 5.75 Å². The molecule has 0 aromatic heterocycles. The number of carbonyl (C=O) groups excluding carboxylic acids is 2. The molecule has 0 radical (unpaired) electrons. The third-order valence-corrected chi connectivity index (χ3v) is 3.26. The third kappa shape index (κ3) is 4.79. The van der Waals surface area contributed by atoms with Gasteiger partial charge in [-0.25, -0.2) is 0 Å². The number of carbonyl (C=O) groups is 2. The lowest BCUT2D eigenvalue weighted by Crippen LogP contribution is -2.34. The summed E-state index contributed by atoms with van der Waals surface area (Å²) in [5, 5.41) is 5.53. The van der Waals surface area contributed by atoms with Gasteiger partial charge in [-0.1, -0.05) is 6.07 Å². The first-order valence-corrected chi connectivity index (χ1v) is 7.65. The zero-order valence-electron chi connectivity index (χ0n) is 13.0. The van der Waals surface area contributed by atoms with E-state index >= 15 is 0 Å². The van der Waals surface area contributed by atoms with Crippen LogP contribution >= 0.6 is 12.2 Å². The number of primary amides is 1. The van der Waals surface area contributed by atoms with Crippen molar-refractivity contribution in [1.29, 1.82) is 0 Å². The van der Waals surface area contributed by atoms with Crippen LogP contribution in [0.1, 0.15) is 27.6 Å². The number of thiocarbonyl (C=S) groups is 1. The minimum atomic E-state index is -0.539. The van der Waals surface area contributed by atoms with E-state index in [9.17, 15) is 9.59 Å². The predicted octanol–water partition coefficient (Wildman–Crippen LogP) is 2.31. The summed E-state index contributed by atoms with van der Waals surface area (Å²) in [5.74, 6) is -0.192. The minimum Gasteiger partial charge on any atom is -0.494 e. The quantitative estimate of drug-likeness (QED) is 0.725. The van der Waals surface area contributed by atoms with Gasteiger partial charge in [0.25, 0.3) is 5.91 Å². The minimum absolute atomic E-state index is 0.121. The van der Waals surface area contributed by atoms with Gasteiger partial charge < -0.3 is 15.8 Å². The molecule has 0 aliphatic carbocycles. The average Bonchev–Trinajstić information content (AvgIpc) is 2.55. The number of ether oxygens (including phenoxy) is 1. The topological polar surface area (TPSA) is 93.4 Å². The number of hydrogen-bond donors (Lipinski definition) is 3. The Morgan fingerprint density at radius 3 is 2.46 bits per heavy atom. The van der Waals surface area contributed by atoms with E-state index in [2.05, 4.69) is 10.6 Å². The van der Waals surface area contributed by atoms with E-state index in [-0.39, 0.29) is 11.0 Å². The van der Waals surface area contributed by atoms with Crippen LogP contribution in [0.3, 0.4) is 0 Å². The van der Waals surface area contributed by atoms with Crippen molar-refractivity contribution in [2.24, 2.45) is 5.73 Å². The molecule has 4 N–H and O–H groups in total. The fourth-order valence-electron chi connectivity index (χ4n) is 1.96. The second kappa shape index (κ2) is 8.07. The van der Waals surface area contributed by atoms with E-state index in [1.807, 2.05) is 6.92 Å². The number of nitrogens with one attached hydrogen (secondary N) is 2. The molecule has 0 aliphatic rings. The molecule has 6 nitrogen and oxygen atoms in total. The van der Waals surface area contributed by atoms with Gasteiger partial charge in [0.05, 0.1) is 6.61 Å². The molecule has 0 bridgehead atoms. The molecule has 24 heavy (non-hydrogen) atoms. The first-order chi connectivity index (χ1) is 11.5. The molecule has 2 aromatic rings. The van der Waals surface area contributed by atoms with E-state index in [0.29, 0.717) is 29.2 Å². The van der Waals surface area contributed by atoms with Crippen LogP contribution in [0, 0.1) is 0 Å². The SMILES string of the molecule is CCOc1ccc(C(=O)NC(=S)Nc2cccc(C(N)=O)c2)cc1. The standard InChI is InChI=1S/C17H17N3O3S/c1-2-23-14-8-6-11(7-9-14)16(22)20-17(24)19-13-5-3-4-12(10-13)15(18)21/h3-10H,2H2,1H3,(H2,18,21)(H2,19,20,22,24). The fraction of sp³-hybridized carbons (Fsp3) is 0.118. The van der Waals surface area contributed by atoms with Crippen LogP contribution in [0.5, 0.6) is 5.75 Å². The van der Waals surface area contributed by atoms with Crippen LogP contribution < -0.4 is 21.1 Å². The monoisotopic (exact) mass is 343 g/mol. The smallest absolute Gasteiger partial charge is 0.257 e. The molecule has 0 atom stereocenters. The van der Waals surface area contributed by atoms with E-state index in [1.54, 1.807) is 48.5 Å². The Morgan fingerprint density at radius 1 is 1.12 bits per heavy atom. The number of anilines is 1. The van der Waals surface area contributed by atoms with Crippen molar-refractivity contribution in [2.75, 3.05) is 11.9 Å². The Bertz CT molecular complexity index is 760. The summed E-state index contributed by atoms with van der Waals surface area (Å²) in [6.45, 7) is 2.45. The molecule has 0 spiro atoms. The molecular formula is C17H17N3O3S. The van der Waals surface area contributed by atoms with E-state index in [0.717, 1.165) is 0 Å². The van der Waals surface area contributed by atoms with Gasteiger partial charge in [0.15, 0.2) is 5.11 Å². The predicted molar refractivity (Wildman–Crippen MR) is 96.3 cm³/mol. The highest BCUT2D eigenvalue weighted by Gasteiger charge is 2.09. The van der Waals surface area contributed by atoms with Crippen molar-refractivity contribution in [2.45, 2.75) is 6.92 Å². The number of amides is 2.